The van der Waals surface area contributed by atoms with Gasteiger partial charge in [0.25, 0.3) is 0 Å². The highest BCUT2D eigenvalue weighted by Gasteiger charge is 2.38. The molecule has 0 atom stereocenters. The molecule has 5 rings (SSSR count). The third kappa shape index (κ3) is 3.89. The fourth-order valence-electron chi connectivity index (χ4n) is 3.90. The molecule has 32 heavy (non-hydrogen) atoms. The molecule has 1 N–H and O–H groups in total. The van der Waals surface area contributed by atoms with Crippen LogP contribution in [-0.2, 0) is 23.4 Å². The van der Waals surface area contributed by atoms with Crippen molar-refractivity contribution < 1.29 is 14.3 Å². The first-order chi connectivity index (χ1) is 15.5. The predicted molar refractivity (Wildman–Crippen MR) is 125 cm³/mol. The summed E-state index contributed by atoms with van der Waals surface area (Å²) in [4.78, 5) is 16.8. The maximum Gasteiger partial charge on any atom is 0.234 e. The van der Waals surface area contributed by atoms with Crippen LogP contribution in [0.25, 0.3) is 10.9 Å². The number of carbonyl (C=O) groups is 1. The number of rotatable bonds is 6. The highest BCUT2D eigenvalue weighted by Crippen LogP contribution is 2.39. The minimum absolute atomic E-state index is 0.00963. The van der Waals surface area contributed by atoms with Gasteiger partial charge < -0.3 is 14.8 Å². The third-order valence-corrected chi connectivity index (χ3v) is 5.83. The van der Waals surface area contributed by atoms with Crippen molar-refractivity contribution in [1.82, 2.24) is 4.98 Å². The molecule has 5 nitrogen and oxygen atoms in total. The van der Waals surface area contributed by atoms with Crippen molar-refractivity contribution in [2.75, 3.05) is 5.32 Å². The lowest BCUT2D eigenvalue weighted by molar-refractivity contribution is -0.119. The summed E-state index contributed by atoms with van der Waals surface area (Å²) in [6.45, 7) is 4.65. The number of nitrogens with zero attached hydrogens (tertiary/aromatic N) is 1. The minimum Gasteiger partial charge on any atom is -0.489 e. The molecule has 0 saturated carbocycles. The van der Waals surface area contributed by atoms with Gasteiger partial charge in [0.05, 0.1) is 16.6 Å². The first-order valence-electron chi connectivity index (χ1n) is 10.6. The van der Waals surface area contributed by atoms with Gasteiger partial charge in [0.1, 0.15) is 24.7 Å². The molecule has 2 heterocycles. The number of pyridine rings is 1. The summed E-state index contributed by atoms with van der Waals surface area (Å²) in [5, 5.41) is 4.05. The number of aromatic nitrogens is 1. The molecule has 1 aromatic heterocycles. The Balaban J connectivity index is 1.23. The van der Waals surface area contributed by atoms with Crippen LogP contribution in [0.5, 0.6) is 11.5 Å². The molecular weight excluding hydrogens is 400 g/mol. The monoisotopic (exact) mass is 424 g/mol. The number of amides is 1. The predicted octanol–water partition coefficient (Wildman–Crippen LogP) is 5.62. The number of para-hydroxylation sites is 1. The Morgan fingerprint density at radius 3 is 2.56 bits per heavy atom. The van der Waals surface area contributed by atoms with Crippen molar-refractivity contribution >= 4 is 22.5 Å². The number of benzene rings is 3. The number of hydrogen-bond acceptors (Lipinski definition) is 4. The van der Waals surface area contributed by atoms with E-state index in [1.165, 1.54) is 0 Å². The zero-order chi connectivity index (χ0) is 22.1. The molecule has 0 aliphatic carbocycles. The van der Waals surface area contributed by atoms with Crippen LogP contribution in [0.1, 0.15) is 30.7 Å². The second-order valence-corrected chi connectivity index (χ2v) is 8.51. The molecule has 4 aromatic rings. The lowest BCUT2D eigenvalue weighted by atomic mass is 9.86. The summed E-state index contributed by atoms with van der Waals surface area (Å²) in [5.74, 6) is 1.49. The summed E-state index contributed by atoms with van der Waals surface area (Å²) in [6, 6.07) is 25.7. The van der Waals surface area contributed by atoms with Crippen LogP contribution < -0.4 is 14.8 Å². The van der Waals surface area contributed by atoms with Gasteiger partial charge in [0.2, 0.25) is 5.91 Å². The van der Waals surface area contributed by atoms with Gasteiger partial charge >= 0.3 is 0 Å². The molecule has 1 amide bonds. The van der Waals surface area contributed by atoms with Gasteiger partial charge in [-0.25, -0.2) is 4.98 Å². The first kappa shape index (κ1) is 20.1. The quantitative estimate of drug-likeness (QED) is 0.436. The maximum absolute atomic E-state index is 12.1. The molecule has 0 unspecified atom stereocenters. The van der Waals surface area contributed by atoms with Crippen LogP contribution in [0.4, 0.5) is 5.69 Å². The smallest absolute Gasteiger partial charge is 0.234 e. The van der Waals surface area contributed by atoms with Crippen LogP contribution >= 0.6 is 0 Å². The molecule has 3 aromatic carbocycles. The van der Waals surface area contributed by atoms with E-state index >= 15 is 0 Å². The van der Waals surface area contributed by atoms with Gasteiger partial charge in [0.15, 0.2) is 0 Å². The second-order valence-electron chi connectivity index (χ2n) is 8.51. The Morgan fingerprint density at radius 2 is 1.66 bits per heavy atom. The summed E-state index contributed by atoms with van der Waals surface area (Å²) in [7, 11) is 0. The van der Waals surface area contributed by atoms with Crippen LogP contribution in [0.3, 0.4) is 0 Å². The third-order valence-electron chi connectivity index (χ3n) is 5.83. The van der Waals surface area contributed by atoms with E-state index in [2.05, 4.69) is 16.4 Å². The van der Waals surface area contributed by atoms with Crippen molar-refractivity contribution in [2.45, 2.75) is 32.5 Å². The minimum atomic E-state index is -0.514. The molecule has 0 bridgehead atoms. The van der Waals surface area contributed by atoms with Gasteiger partial charge in [-0.3, -0.25) is 4.79 Å². The summed E-state index contributed by atoms with van der Waals surface area (Å²) in [6.07, 6.45) is 0. The molecule has 0 radical (unpaired) electrons. The maximum atomic E-state index is 12.1. The van der Waals surface area contributed by atoms with Crippen LogP contribution in [-0.4, -0.2) is 10.9 Å². The largest absolute Gasteiger partial charge is 0.489 e. The second kappa shape index (κ2) is 8.00. The fourth-order valence-corrected chi connectivity index (χ4v) is 3.90. The number of nitrogens with one attached hydrogen (secondary N) is 1. The van der Waals surface area contributed by atoms with Crippen LogP contribution in [0, 0.1) is 0 Å². The first-order valence-corrected chi connectivity index (χ1v) is 10.6. The number of carbonyl (C=O) groups excluding carboxylic acids is 1. The Kier molecular flexibility index (Phi) is 5.02. The molecule has 5 heteroatoms. The Morgan fingerprint density at radius 1 is 0.844 bits per heavy atom. The highest BCUT2D eigenvalue weighted by molar-refractivity contribution is 6.05. The van der Waals surface area contributed by atoms with Crippen LogP contribution in [0.15, 0.2) is 78.9 Å². The normalized spacial score (nSPS) is 14.1. The Labute approximate surface area is 187 Å². The van der Waals surface area contributed by atoms with E-state index in [0.29, 0.717) is 19.0 Å². The van der Waals surface area contributed by atoms with Crippen molar-refractivity contribution in [3.63, 3.8) is 0 Å². The average Bonchev–Trinajstić information content (AvgIpc) is 3.04. The highest BCUT2D eigenvalue weighted by atomic mass is 16.5. The standard InChI is InChI=1S/C27H24N2O3/c1-27(2)23-13-12-22(15-25(23)29-26(27)30)31-16-18-6-5-8-21(14-18)32-17-20-11-10-19-7-3-4-9-24(19)28-20/h3-15H,16-17H2,1-2H3,(H,29,30). The molecule has 1 aliphatic rings. The Hall–Kier alpha value is -3.86. The molecule has 0 spiro atoms. The van der Waals surface area contributed by atoms with Gasteiger partial charge in [0, 0.05) is 17.1 Å². The number of anilines is 1. The van der Waals surface area contributed by atoms with Crippen molar-refractivity contribution in [3.8, 4) is 11.5 Å². The van der Waals surface area contributed by atoms with Gasteiger partial charge in [-0.15, -0.1) is 0 Å². The molecule has 0 fully saturated rings. The van der Waals surface area contributed by atoms with E-state index in [9.17, 15) is 4.79 Å². The van der Waals surface area contributed by atoms with E-state index in [4.69, 9.17) is 9.47 Å². The van der Waals surface area contributed by atoms with Crippen molar-refractivity contribution in [2.24, 2.45) is 0 Å². The molecular formula is C27H24N2O3. The SMILES string of the molecule is CC1(C)C(=O)Nc2cc(OCc3cccc(OCc4ccc5ccccc5n4)c3)ccc21. The molecule has 1 aliphatic heterocycles. The van der Waals surface area contributed by atoms with Crippen molar-refractivity contribution in [3.05, 3.63) is 95.7 Å². The lowest BCUT2D eigenvalue weighted by Gasteiger charge is -2.15. The van der Waals surface area contributed by atoms with Gasteiger partial charge in [-0.2, -0.15) is 0 Å². The number of hydrogen-bond donors (Lipinski definition) is 1. The molecule has 0 saturated heterocycles. The van der Waals surface area contributed by atoms with Crippen molar-refractivity contribution in [1.29, 1.82) is 0 Å². The average molecular weight is 425 g/mol. The summed E-state index contributed by atoms with van der Waals surface area (Å²) in [5.41, 5.74) is 4.14. The summed E-state index contributed by atoms with van der Waals surface area (Å²) >= 11 is 0. The fraction of sp³-hybridized carbons (Fsp3) is 0.185. The van der Waals surface area contributed by atoms with Crippen LogP contribution in [0.2, 0.25) is 0 Å². The zero-order valence-electron chi connectivity index (χ0n) is 18.1. The Bertz CT molecular complexity index is 1310. The van der Waals surface area contributed by atoms with E-state index in [1.807, 2.05) is 86.6 Å². The van der Waals surface area contributed by atoms with E-state index in [0.717, 1.165) is 39.2 Å². The number of fused-ring (bicyclic) bond motifs is 2. The van der Waals surface area contributed by atoms with Gasteiger partial charge in [-0.1, -0.05) is 42.5 Å². The van der Waals surface area contributed by atoms with E-state index in [1.54, 1.807) is 0 Å². The summed E-state index contributed by atoms with van der Waals surface area (Å²) < 4.78 is 11.9. The lowest BCUT2D eigenvalue weighted by Crippen LogP contribution is -2.26. The van der Waals surface area contributed by atoms with E-state index < -0.39 is 5.41 Å². The number of ether oxygens (including phenoxy) is 2. The van der Waals surface area contributed by atoms with Gasteiger partial charge in [-0.05, 0) is 55.3 Å². The zero-order valence-corrected chi connectivity index (χ0v) is 18.1. The van der Waals surface area contributed by atoms with E-state index in [-0.39, 0.29) is 5.91 Å². The molecule has 160 valence electrons. The topological polar surface area (TPSA) is 60.5 Å².